The van der Waals surface area contributed by atoms with Crippen molar-refractivity contribution in [1.82, 2.24) is 4.90 Å². The third kappa shape index (κ3) is 2.59. The summed E-state index contributed by atoms with van der Waals surface area (Å²) < 4.78 is 9.13. The van der Waals surface area contributed by atoms with E-state index in [0.29, 0.717) is 13.1 Å². The minimum absolute atomic E-state index is 0.0213. The Labute approximate surface area is 75.6 Å². The Hall–Kier alpha value is -1.30. The van der Waals surface area contributed by atoms with Crippen molar-refractivity contribution in [2.75, 3.05) is 19.8 Å². The van der Waals surface area contributed by atoms with Crippen LogP contribution < -0.4 is 5.73 Å². The zero-order valence-electron chi connectivity index (χ0n) is 7.36. The number of nitrogens with zero attached hydrogens (tertiary/aromatic N) is 1. The van der Waals surface area contributed by atoms with Gasteiger partial charge in [0.2, 0.25) is 5.91 Å². The van der Waals surface area contributed by atoms with E-state index in [1.165, 1.54) is 6.92 Å². The number of carbonyl (C=O) groups excluding carboxylic acids is 2. The summed E-state index contributed by atoms with van der Waals surface area (Å²) in [5, 5.41) is 0. The number of hydrogen-bond donors (Lipinski definition) is 1. The summed E-state index contributed by atoms with van der Waals surface area (Å²) >= 11 is 0. The van der Waals surface area contributed by atoms with E-state index in [0.717, 1.165) is 0 Å². The second-order valence-electron chi connectivity index (χ2n) is 2.72. The molecule has 1 aliphatic heterocycles. The van der Waals surface area contributed by atoms with Gasteiger partial charge in [0.25, 0.3) is 0 Å². The Morgan fingerprint density at radius 3 is 2.62 bits per heavy atom. The summed E-state index contributed by atoms with van der Waals surface area (Å²) in [5.74, 6) is -0.0213. The lowest BCUT2D eigenvalue weighted by Gasteiger charge is -2.37. The highest BCUT2D eigenvalue weighted by atomic mass is 16.7. The molecule has 2 N–H and O–H groups in total. The summed E-state index contributed by atoms with van der Waals surface area (Å²) in [7, 11) is 0. The average Bonchev–Trinajstić information content (AvgIpc) is 1.95. The molecule has 1 fully saturated rings. The highest BCUT2D eigenvalue weighted by Gasteiger charge is 2.31. The Morgan fingerprint density at radius 2 is 2.15 bits per heavy atom. The van der Waals surface area contributed by atoms with Gasteiger partial charge in [-0.3, -0.25) is 10.5 Å². The molecule has 1 amide bonds. The number of likely N-dealkylation sites (tertiary alicyclic amines) is 1. The number of carbonyl (C=O) groups is 2. The van der Waals surface area contributed by atoms with Crippen LogP contribution in [0.5, 0.6) is 0 Å². The van der Waals surface area contributed by atoms with Crippen molar-refractivity contribution in [2.24, 2.45) is 5.73 Å². The summed E-state index contributed by atoms with van der Waals surface area (Å²) in [4.78, 5) is 23.0. The number of amides is 1. The largest absolute Gasteiger partial charge is 0.509 e. The maximum atomic E-state index is 10.7. The van der Waals surface area contributed by atoms with Crippen LogP contribution in [0.4, 0.5) is 4.79 Å². The highest BCUT2D eigenvalue weighted by molar-refractivity contribution is 5.74. The van der Waals surface area contributed by atoms with Gasteiger partial charge < -0.3 is 14.4 Å². The van der Waals surface area contributed by atoms with Gasteiger partial charge in [0.05, 0.1) is 13.1 Å². The minimum Gasteiger partial charge on any atom is -0.427 e. The molecule has 0 aromatic rings. The average molecular weight is 188 g/mol. The molecule has 0 saturated carbocycles. The lowest BCUT2D eigenvalue weighted by Crippen LogP contribution is -2.54. The van der Waals surface area contributed by atoms with Gasteiger partial charge in [0, 0.05) is 6.92 Å². The number of ether oxygens (including phenoxy) is 2. The third-order valence-electron chi connectivity index (χ3n) is 1.76. The molecule has 6 heteroatoms. The molecule has 1 saturated heterocycles. The van der Waals surface area contributed by atoms with Crippen LogP contribution in [0.25, 0.3) is 0 Å². The quantitative estimate of drug-likeness (QED) is 0.457. The molecule has 74 valence electrons. The molecule has 13 heavy (non-hydrogen) atoms. The van der Waals surface area contributed by atoms with Gasteiger partial charge >= 0.3 is 6.16 Å². The molecule has 0 atom stereocenters. The van der Waals surface area contributed by atoms with Gasteiger partial charge in [-0.15, -0.1) is 0 Å². The highest BCUT2D eigenvalue weighted by Crippen LogP contribution is 2.11. The summed E-state index contributed by atoms with van der Waals surface area (Å²) in [6.45, 7) is 2.15. The second kappa shape index (κ2) is 4.08. The van der Waals surface area contributed by atoms with Crippen LogP contribution in [0.15, 0.2) is 0 Å². The predicted molar refractivity (Wildman–Crippen MR) is 42.7 cm³/mol. The van der Waals surface area contributed by atoms with Gasteiger partial charge in [0.15, 0.2) is 0 Å². The Bertz CT molecular complexity index is 213. The monoisotopic (exact) mass is 188 g/mol. The molecule has 6 nitrogen and oxygen atoms in total. The van der Waals surface area contributed by atoms with Gasteiger partial charge in [-0.05, 0) is 0 Å². The maximum Gasteiger partial charge on any atom is 0.509 e. The summed E-state index contributed by atoms with van der Waals surface area (Å²) in [6, 6.07) is 0. The van der Waals surface area contributed by atoms with Crippen molar-refractivity contribution in [3.63, 3.8) is 0 Å². The van der Waals surface area contributed by atoms with Crippen molar-refractivity contribution >= 4 is 12.1 Å². The third-order valence-corrected chi connectivity index (χ3v) is 1.76. The fourth-order valence-electron chi connectivity index (χ4n) is 1.01. The molecule has 1 heterocycles. The van der Waals surface area contributed by atoms with E-state index in [2.05, 4.69) is 4.74 Å². The fraction of sp³-hybridized carbons (Fsp3) is 0.714. The van der Waals surface area contributed by atoms with Crippen LogP contribution in [0.1, 0.15) is 6.92 Å². The number of nitrogens with two attached hydrogens (primary N) is 1. The first-order chi connectivity index (χ1) is 6.13. The number of hydrogen-bond acceptors (Lipinski definition) is 5. The maximum absolute atomic E-state index is 10.7. The fourth-order valence-corrected chi connectivity index (χ4v) is 1.01. The van der Waals surface area contributed by atoms with Crippen LogP contribution in [0, 0.1) is 0 Å². The first-order valence-electron chi connectivity index (χ1n) is 3.92. The zero-order chi connectivity index (χ0) is 9.84. The van der Waals surface area contributed by atoms with Gasteiger partial charge in [-0.25, -0.2) is 4.79 Å². The first kappa shape index (κ1) is 9.79. The van der Waals surface area contributed by atoms with Gasteiger partial charge in [-0.1, -0.05) is 0 Å². The van der Waals surface area contributed by atoms with Crippen LogP contribution in [-0.4, -0.2) is 42.9 Å². The second-order valence-corrected chi connectivity index (χ2v) is 2.72. The molecular weight excluding hydrogens is 176 g/mol. The lowest BCUT2D eigenvalue weighted by atomic mass is 10.2. The van der Waals surface area contributed by atoms with Crippen molar-refractivity contribution < 1.29 is 19.1 Å². The van der Waals surface area contributed by atoms with Crippen LogP contribution in [0.2, 0.25) is 0 Å². The number of rotatable bonds is 2. The van der Waals surface area contributed by atoms with E-state index in [4.69, 9.17) is 10.5 Å². The van der Waals surface area contributed by atoms with E-state index in [-0.39, 0.29) is 18.7 Å². The molecule has 0 aromatic heterocycles. The normalized spacial score (nSPS) is 16.3. The van der Waals surface area contributed by atoms with E-state index in [1.807, 2.05) is 0 Å². The van der Waals surface area contributed by atoms with E-state index in [9.17, 15) is 9.59 Å². The molecule has 0 aromatic carbocycles. The predicted octanol–water partition coefficient (Wildman–Crippen LogP) is -0.713. The first-order valence-corrected chi connectivity index (χ1v) is 3.92. The molecule has 1 rings (SSSR count). The molecule has 0 spiro atoms. The van der Waals surface area contributed by atoms with Crippen LogP contribution >= 0.6 is 0 Å². The van der Waals surface area contributed by atoms with E-state index >= 15 is 0 Å². The van der Waals surface area contributed by atoms with E-state index < -0.39 is 6.16 Å². The topological polar surface area (TPSA) is 81.9 Å². The van der Waals surface area contributed by atoms with Crippen molar-refractivity contribution in [1.29, 1.82) is 0 Å². The Kier molecular flexibility index (Phi) is 3.07. The minimum atomic E-state index is -0.782. The molecule has 0 bridgehead atoms. The Morgan fingerprint density at radius 1 is 1.54 bits per heavy atom. The Balaban J connectivity index is 2.14. The van der Waals surface area contributed by atoms with Crippen molar-refractivity contribution in [3.05, 3.63) is 0 Å². The van der Waals surface area contributed by atoms with E-state index in [1.54, 1.807) is 4.90 Å². The lowest BCUT2D eigenvalue weighted by molar-refractivity contribution is -0.140. The van der Waals surface area contributed by atoms with Gasteiger partial charge in [0.1, 0.15) is 12.8 Å². The standard InChI is InChI=1S/C7H12N2O4/c1-5(10)9-2-6(3-9)13-7(11)12-4-8/h6H,2-4,8H2,1H3. The molecule has 0 aliphatic carbocycles. The molecule has 1 aliphatic rings. The van der Waals surface area contributed by atoms with Crippen LogP contribution in [0.3, 0.4) is 0 Å². The smallest absolute Gasteiger partial charge is 0.427 e. The van der Waals surface area contributed by atoms with Crippen LogP contribution in [-0.2, 0) is 14.3 Å². The van der Waals surface area contributed by atoms with Crippen molar-refractivity contribution in [3.8, 4) is 0 Å². The summed E-state index contributed by atoms with van der Waals surface area (Å²) in [6.07, 6.45) is -1.03. The van der Waals surface area contributed by atoms with Crippen molar-refractivity contribution in [2.45, 2.75) is 13.0 Å². The molecule has 0 radical (unpaired) electrons. The molecule has 0 unspecified atom stereocenters. The molecular formula is C7H12N2O4. The SMILES string of the molecule is CC(=O)N1CC(OC(=O)OCN)C1. The van der Waals surface area contributed by atoms with Gasteiger partial charge in [-0.2, -0.15) is 0 Å². The zero-order valence-corrected chi connectivity index (χ0v) is 7.36. The summed E-state index contributed by atoms with van der Waals surface area (Å²) in [5.41, 5.74) is 4.95.